The second-order valence-corrected chi connectivity index (χ2v) is 8.47. The van der Waals surface area contributed by atoms with E-state index in [1.165, 1.54) is 0 Å². The molecule has 1 aliphatic heterocycles. The molecule has 0 bridgehead atoms. The number of amides is 1. The third-order valence-electron chi connectivity index (χ3n) is 4.94. The van der Waals surface area contributed by atoms with E-state index in [2.05, 4.69) is 30.7 Å². The number of carbonyl (C=O) groups excluding carboxylic acids is 1. The summed E-state index contributed by atoms with van der Waals surface area (Å²) in [5, 5.41) is 1.02. The second kappa shape index (κ2) is 7.26. The molecule has 0 saturated carbocycles. The van der Waals surface area contributed by atoms with Gasteiger partial charge in [0.1, 0.15) is 5.82 Å². The number of fused-ring (bicyclic) bond motifs is 1. The van der Waals surface area contributed by atoms with Crippen molar-refractivity contribution in [3.63, 3.8) is 0 Å². The number of benzene rings is 1. The van der Waals surface area contributed by atoms with Crippen molar-refractivity contribution < 1.29 is 9.21 Å². The predicted molar refractivity (Wildman–Crippen MR) is 110 cm³/mol. The smallest absolute Gasteiger partial charge is 0.223 e. The van der Waals surface area contributed by atoms with Crippen LogP contribution in [0.15, 0.2) is 47.1 Å². The topological polar surface area (TPSA) is 62.5 Å². The lowest BCUT2D eigenvalue weighted by Crippen LogP contribution is -2.49. The van der Waals surface area contributed by atoms with Crippen LogP contribution in [-0.2, 0) is 4.79 Å². The molecule has 4 rings (SSSR count). The van der Waals surface area contributed by atoms with Gasteiger partial charge in [-0.3, -0.25) is 4.79 Å². The number of nitrogens with zero attached hydrogens (tertiary/aromatic N) is 4. The molecule has 0 atom stereocenters. The fourth-order valence-electron chi connectivity index (χ4n) is 3.55. The molecule has 3 heterocycles. The van der Waals surface area contributed by atoms with Crippen LogP contribution in [0.4, 0.5) is 5.82 Å². The number of hydrogen-bond acceptors (Lipinski definition) is 5. The monoisotopic (exact) mass is 378 g/mol. The quantitative estimate of drug-likeness (QED) is 0.690. The predicted octanol–water partition coefficient (Wildman–Crippen LogP) is 3.97. The molecule has 1 amide bonds. The summed E-state index contributed by atoms with van der Waals surface area (Å²) in [5.74, 6) is 2.38. The molecule has 146 valence electrons. The number of hydrogen-bond donors (Lipinski definition) is 0. The zero-order chi connectivity index (χ0) is 19.7. The number of furan rings is 1. The minimum absolute atomic E-state index is 0.00895. The van der Waals surface area contributed by atoms with Gasteiger partial charge in [0, 0.05) is 38.0 Å². The molecule has 1 aliphatic rings. The fraction of sp³-hybridized carbons (Fsp3) is 0.409. The molecule has 2 aromatic heterocycles. The van der Waals surface area contributed by atoms with Gasteiger partial charge in [-0.1, -0.05) is 32.9 Å². The first-order valence-electron chi connectivity index (χ1n) is 9.74. The van der Waals surface area contributed by atoms with Crippen molar-refractivity contribution in [1.29, 1.82) is 0 Å². The Balaban J connectivity index is 1.59. The zero-order valence-corrected chi connectivity index (χ0v) is 16.7. The molecule has 1 aromatic carbocycles. The van der Waals surface area contributed by atoms with Gasteiger partial charge in [0.15, 0.2) is 11.6 Å². The van der Waals surface area contributed by atoms with E-state index in [9.17, 15) is 4.79 Å². The summed E-state index contributed by atoms with van der Waals surface area (Å²) in [6, 6.07) is 11.7. The normalized spacial score (nSPS) is 15.2. The van der Waals surface area contributed by atoms with Crippen molar-refractivity contribution in [1.82, 2.24) is 14.9 Å². The average Bonchev–Trinajstić information content (AvgIpc) is 3.21. The molecular weight excluding hydrogens is 352 g/mol. The van der Waals surface area contributed by atoms with Crippen molar-refractivity contribution in [3.8, 4) is 11.6 Å². The summed E-state index contributed by atoms with van der Waals surface area (Å²) < 4.78 is 5.51. The SMILES string of the molecule is CC(C)(C)CC(=O)N1CCN(c2nc(-c3ccco3)nc3ccccc23)CC1. The molecular formula is C22H26N4O2. The van der Waals surface area contributed by atoms with Crippen LogP contribution in [0.5, 0.6) is 0 Å². The van der Waals surface area contributed by atoms with Crippen molar-refractivity contribution in [3.05, 3.63) is 42.7 Å². The molecule has 6 heteroatoms. The van der Waals surface area contributed by atoms with E-state index in [-0.39, 0.29) is 11.3 Å². The summed E-state index contributed by atoms with van der Waals surface area (Å²) in [5.41, 5.74) is 0.903. The lowest BCUT2D eigenvalue weighted by molar-refractivity contribution is -0.133. The van der Waals surface area contributed by atoms with Gasteiger partial charge in [0.25, 0.3) is 0 Å². The van der Waals surface area contributed by atoms with Crippen LogP contribution in [0.25, 0.3) is 22.5 Å². The molecule has 6 nitrogen and oxygen atoms in total. The maximum Gasteiger partial charge on any atom is 0.223 e. The highest BCUT2D eigenvalue weighted by atomic mass is 16.3. The van der Waals surface area contributed by atoms with Crippen LogP contribution < -0.4 is 4.90 Å². The van der Waals surface area contributed by atoms with E-state index in [4.69, 9.17) is 9.40 Å². The highest BCUT2D eigenvalue weighted by Gasteiger charge is 2.26. The minimum atomic E-state index is 0.00895. The molecule has 0 aliphatic carbocycles. The Morgan fingerprint density at radius 3 is 2.46 bits per heavy atom. The van der Waals surface area contributed by atoms with Crippen LogP contribution in [0.1, 0.15) is 27.2 Å². The standard InChI is InChI=1S/C22H26N4O2/c1-22(2,3)15-19(27)25-10-12-26(13-11-25)21-16-7-4-5-8-17(16)23-20(24-21)18-9-6-14-28-18/h4-9,14H,10-13,15H2,1-3H3. The zero-order valence-electron chi connectivity index (χ0n) is 16.7. The number of carbonyl (C=O) groups is 1. The van der Waals surface area contributed by atoms with Crippen molar-refractivity contribution in [2.45, 2.75) is 27.2 Å². The van der Waals surface area contributed by atoms with Gasteiger partial charge in [-0.2, -0.15) is 0 Å². The van der Waals surface area contributed by atoms with E-state index in [0.29, 0.717) is 31.1 Å². The van der Waals surface area contributed by atoms with Crippen molar-refractivity contribution >= 4 is 22.6 Å². The van der Waals surface area contributed by atoms with Crippen LogP contribution >= 0.6 is 0 Å². The molecule has 3 aromatic rings. The Morgan fingerprint density at radius 2 is 1.79 bits per heavy atom. The lowest BCUT2D eigenvalue weighted by atomic mass is 9.91. The molecule has 1 saturated heterocycles. The highest BCUT2D eigenvalue weighted by molar-refractivity contribution is 5.91. The summed E-state index contributed by atoms with van der Waals surface area (Å²) in [4.78, 5) is 26.2. The van der Waals surface area contributed by atoms with Crippen LogP contribution in [0, 0.1) is 5.41 Å². The molecule has 0 radical (unpaired) electrons. The van der Waals surface area contributed by atoms with Crippen LogP contribution in [-0.4, -0.2) is 47.0 Å². The Hall–Kier alpha value is -2.89. The average molecular weight is 378 g/mol. The largest absolute Gasteiger partial charge is 0.461 e. The Labute approximate surface area is 165 Å². The van der Waals surface area contributed by atoms with E-state index in [0.717, 1.165) is 29.8 Å². The number of rotatable bonds is 3. The summed E-state index contributed by atoms with van der Waals surface area (Å²) in [6.45, 7) is 9.24. The van der Waals surface area contributed by atoms with E-state index < -0.39 is 0 Å². The molecule has 0 N–H and O–H groups in total. The van der Waals surface area contributed by atoms with Gasteiger partial charge >= 0.3 is 0 Å². The van der Waals surface area contributed by atoms with Gasteiger partial charge in [0.05, 0.1) is 11.8 Å². The van der Waals surface area contributed by atoms with Gasteiger partial charge < -0.3 is 14.2 Å². The van der Waals surface area contributed by atoms with Crippen molar-refractivity contribution in [2.24, 2.45) is 5.41 Å². The van der Waals surface area contributed by atoms with Gasteiger partial charge in [-0.05, 0) is 29.7 Å². The van der Waals surface area contributed by atoms with Gasteiger partial charge in [0.2, 0.25) is 5.91 Å². The third-order valence-corrected chi connectivity index (χ3v) is 4.94. The van der Waals surface area contributed by atoms with Gasteiger partial charge in [-0.25, -0.2) is 9.97 Å². The second-order valence-electron chi connectivity index (χ2n) is 8.47. The Kier molecular flexibility index (Phi) is 4.79. The molecule has 28 heavy (non-hydrogen) atoms. The van der Waals surface area contributed by atoms with Crippen LogP contribution in [0.2, 0.25) is 0 Å². The molecule has 0 unspecified atom stereocenters. The molecule has 0 spiro atoms. The van der Waals surface area contributed by atoms with Crippen molar-refractivity contribution in [2.75, 3.05) is 31.1 Å². The van der Waals surface area contributed by atoms with Gasteiger partial charge in [-0.15, -0.1) is 0 Å². The maximum absolute atomic E-state index is 12.5. The fourth-order valence-corrected chi connectivity index (χ4v) is 3.55. The summed E-state index contributed by atoms with van der Waals surface area (Å²) >= 11 is 0. The van der Waals surface area contributed by atoms with E-state index >= 15 is 0 Å². The Morgan fingerprint density at radius 1 is 1.04 bits per heavy atom. The first-order chi connectivity index (χ1) is 13.4. The first kappa shape index (κ1) is 18.5. The lowest BCUT2D eigenvalue weighted by Gasteiger charge is -2.37. The number of aromatic nitrogens is 2. The first-order valence-corrected chi connectivity index (χ1v) is 9.74. The number of anilines is 1. The van der Waals surface area contributed by atoms with E-state index in [1.54, 1.807) is 6.26 Å². The van der Waals surface area contributed by atoms with E-state index in [1.807, 2.05) is 41.3 Å². The number of piperazine rings is 1. The summed E-state index contributed by atoms with van der Waals surface area (Å²) in [6.07, 6.45) is 2.21. The third kappa shape index (κ3) is 3.86. The Bertz CT molecular complexity index is 968. The summed E-state index contributed by atoms with van der Waals surface area (Å²) in [7, 11) is 0. The molecule has 1 fully saturated rings. The van der Waals surface area contributed by atoms with Crippen LogP contribution in [0.3, 0.4) is 0 Å². The minimum Gasteiger partial charge on any atom is -0.461 e. The highest BCUT2D eigenvalue weighted by Crippen LogP contribution is 2.29. The maximum atomic E-state index is 12.5. The number of para-hydroxylation sites is 1.